The van der Waals surface area contributed by atoms with Gasteiger partial charge in [0.05, 0.1) is 16.8 Å². The fourth-order valence-corrected chi connectivity index (χ4v) is 2.59. The molecule has 0 aliphatic rings. The summed E-state index contributed by atoms with van der Waals surface area (Å²) in [5, 5.41) is 1.82. The number of alkyl halides is 3. The van der Waals surface area contributed by atoms with Crippen LogP contribution in [0.2, 0.25) is 10.0 Å². The van der Waals surface area contributed by atoms with Crippen LogP contribution < -0.4 is 16.2 Å². The van der Waals surface area contributed by atoms with Crippen molar-refractivity contribution < 1.29 is 31.5 Å². The number of nitrogens with one attached hydrogen (secondary N) is 3. The highest BCUT2D eigenvalue weighted by Gasteiger charge is 2.39. The third-order valence-electron chi connectivity index (χ3n) is 3.48. The molecule has 1 unspecified atom stereocenters. The van der Waals surface area contributed by atoms with Gasteiger partial charge in [-0.3, -0.25) is 15.2 Å². The standard InChI is InChI=1S/C16H11Cl2F5N4O2/c1-6(25-15(29)27-26-14(28)16(21,22)23)13-11(20)2-7(5-24-13)9-3-8(17)4-10(19)12(9)18/h2-6H,1H3,(H,26,28)(H2,25,27,29). The minimum Gasteiger partial charge on any atom is -0.329 e. The topological polar surface area (TPSA) is 83.1 Å². The van der Waals surface area contributed by atoms with Crippen LogP contribution in [0, 0.1) is 11.6 Å². The van der Waals surface area contributed by atoms with Gasteiger partial charge in [-0.2, -0.15) is 13.2 Å². The van der Waals surface area contributed by atoms with E-state index in [0.29, 0.717) is 0 Å². The Morgan fingerprint density at radius 1 is 1.07 bits per heavy atom. The Morgan fingerprint density at radius 2 is 1.72 bits per heavy atom. The number of amides is 3. The maximum atomic E-state index is 14.4. The summed E-state index contributed by atoms with van der Waals surface area (Å²) in [5.41, 5.74) is 2.53. The van der Waals surface area contributed by atoms with Gasteiger partial charge in [0, 0.05) is 22.3 Å². The molecular weight excluding hydrogens is 446 g/mol. The molecule has 3 amide bonds. The van der Waals surface area contributed by atoms with Crippen molar-refractivity contribution in [3.8, 4) is 11.1 Å². The maximum Gasteiger partial charge on any atom is 0.472 e. The Morgan fingerprint density at radius 3 is 2.31 bits per heavy atom. The molecule has 2 rings (SSSR count). The van der Waals surface area contributed by atoms with Gasteiger partial charge < -0.3 is 5.32 Å². The quantitative estimate of drug-likeness (QED) is 0.366. The van der Waals surface area contributed by atoms with E-state index in [0.717, 1.165) is 23.8 Å². The largest absolute Gasteiger partial charge is 0.472 e. The monoisotopic (exact) mass is 456 g/mol. The van der Waals surface area contributed by atoms with Crippen LogP contribution in [0.15, 0.2) is 24.4 Å². The molecule has 0 spiro atoms. The lowest BCUT2D eigenvalue weighted by molar-refractivity contribution is -0.174. The molecular formula is C16H11Cl2F5N4O2. The molecule has 2 aromatic rings. The van der Waals surface area contributed by atoms with Crippen molar-refractivity contribution in [2.45, 2.75) is 19.1 Å². The number of urea groups is 1. The number of aromatic nitrogens is 1. The zero-order valence-corrected chi connectivity index (χ0v) is 15.8. The van der Waals surface area contributed by atoms with Gasteiger partial charge in [-0.25, -0.2) is 19.0 Å². The van der Waals surface area contributed by atoms with Crippen molar-refractivity contribution in [3.05, 3.63) is 51.8 Å². The van der Waals surface area contributed by atoms with Crippen LogP contribution in [-0.4, -0.2) is 23.1 Å². The highest BCUT2D eigenvalue weighted by Crippen LogP contribution is 2.33. The van der Waals surface area contributed by atoms with Crippen LogP contribution in [0.1, 0.15) is 18.7 Å². The van der Waals surface area contributed by atoms with Crippen LogP contribution >= 0.6 is 23.2 Å². The predicted octanol–water partition coefficient (Wildman–Crippen LogP) is 4.29. The van der Waals surface area contributed by atoms with E-state index in [9.17, 15) is 31.5 Å². The summed E-state index contributed by atoms with van der Waals surface area (Å²) < 4.78 is 64.3. The SMILES string of the molecule is CC(NC(=O)NNC(=O)C(F)(F)F)c1ncc(-c2cc(Cl)cc(F)c2Cl)cc1F. The van der Waals surface area contributed by atoms with Crippen molar-refractivity contribution in [3.63, 3.8) is 0 Å². The minimum atomic E-state index is -5.19. The molecule has 0 aliphatic heterocycles. The molecule has 156 valence electrons. The first-order valence-electron chi connectivity index (χ1n) is 7.64. The molecule has 0 radical (unpaired) electrons. The number of hydrogen-bond donors (Lipinski definition) is 3. The van der Waals surface area contributed by atoms with Gasteiger partial charge in [0.15, 0.2) is 0 Å². The summed E-state index contributed by atoms with van der Waals surface area (Å²) in [4.78, 5) is 26.0. The first-order chi connectivity index (χ1) is 13.4. The minimum absolute atomic E-state index is 0.0268. The number of nitrogens with zero attached hydrogens (tertiary/aromatic N) is 1. The second-order valence-corrected chi connectivity index (χ2v) is 6.43. The lowest BCUT2D eigenvalue weighted by Gasteiger charge is -2.16. The number of benzene rings is 1. The fourth-order valence-electron chi connectivity index (χ4n) is 2.17. The van der Waals surface area contributed by atoms with E-state index in [1.165, 1.54) is 18.4 Å². The van der Waals surface area contributed by atoms with Crippen molar-refractivity contribution in [2.75, 3.05) is 0 Å². The van der Waals surface area contributed by atoms with E-state index in [-0.39, 0.29) is 26.9 Å². The third-order valence-corrected chi connectivity index (χ3v) is 4.08. The van der Waals surface area contributed by atoms with Crippen LogP contribution in [0.5, 0.6) is 0 Å². The summed E-state index contributed by atoms with van der Waals surface area (Å²) in [6, 6.07) is 0.926. The Balaban J connectivity index is 2.12. The van der Waals surface area contributed by atoms with E-state index in [1.54, 1.807) is 0 Å². The van der Waals surface area contributed by atoms with Crippen LogP contribution in [0.25, 0.3) is 11.1 Å². The summed E-state index contributed by atoms with van der Waals surface area (Å²) in [7, 11) is 0. The molecule has 6 nitrogen and oxygen atoms in total. The van der Waals surface area contributed by atoms with E-state index in [1.807, 2.05) is 0 Å². The molecule has 3 N–H and O–H groups in total. The fraction of sp³-hybridized carbons (Fsp3) is 0.188. The number of rotatable bonds is 3. The molecule has 0 saturated carbocycles. The number of hydrogen-bond acceptors (Lipinski definition) is 3. The average Bonchev–Trinajstić information content (AvgIpc) is 2.61. The Labute approximate surface area is 170 Å². The van der Waals surface area contributed by atoms with Crippen molar-refractivity contribution in [1.82, 2.24) is 21.2 Å². The predicted molar refractivity (Wildman–Crippen MR) is 93.9 cm³/mol. The summed E-state index contributed by atoms with van der Waals surface area (Å²) in [5.74, 6) is -4.11. The van der Waals surface area contributed by atoms with Crippen molar-refractivity contribution in [2.24, 2.45) is 0 Å². The van der Waals surface area contributed by atoms with Gasteiger partial charge >= 0.3 is 18.1 Å². The van der Waals surface area contributed by atoms with E-state index >= 15 is 0 Å². The van der Waals surface area contributed by atoms with Gasteiger partial charge in [0.25, 0.3) is 0 Å². The van der Waals surface area contributed by atoms with Gasteiger partial charge in [-0.05, 0) is 25.1 Å². The summed E-state index contributed by atoms with van der Waals surface area (Å²) in [6.45, 7) is 1.29. The van der Waals surface area contributed by atoms with Gasteiger partial charge in [-0.1, -0.05) is 23.2 Å². The van der Waals surface area contributed by atoms with Gasteiger partial charge in [0.2, 0.25) is 0 Å². The molecule has 0 fully saturated rings. The van der Waals surface area contributed by atoms with Crippen LogP contribution in [0.4, 0.5) is 26.7 Å². The maximum absolute atomic E-state index is 14.4. The second kappa shape index (κ2) is 8.78. The Hall–Kier alpha value is -2.66. The van der Waals surface area contributed by atoms with Crippen molar-refractivity contribution in [1.29, 1.82) is 0 Å². The smallest absolute Gasteiger partial charge is 0.329 e. The molecule has 29 heavy (non-hydrogen) atoms. The molecule has 1 heterocycles. The highest BCUT2D eigenvalue weighted by molar-refractivity contribution is 6.35. The second-order valence-electron chi connectivity index (χ2n) is 5.61. The number of carbonyl (C=O) groups excluding carboxylic acids is 2. The number of pyridine rings is 1. The number of carbonyl (C=O) groups is 2. The van der Waals surface area contributed by atoms with Gasteiger partial charge in [-0.15, -0.1) is 0 Å². The van der Waals surface area contributed by atoms with E-state index in [2.05, 4.69) is 10.3 Å². The number of halogens is 7. The van der Waals surface area contributed by atoms with Crippen LogP contribution in [0.3, 0.4) is 0 Å². The van der Waals surface area contributed by atoms with Crippen molar-refractivity contribution >= 4 is 35.1 Å². The zero-order valence-electron chi connectivity index (χ0n) is 14.3. The number of hydrazine groups is 1. The molecule has 0 bridgehead atoms. The Kier molecular flexibility index (Phi) is 6.85. The Bertz CT molecular complexity index is 956. The molecule has 1 aromatic heterocycles. The summed E-state index contributed by atoms with van der Waals surface area (Å²) in [6.07, 6.45) is -4.04. The van der Waals surface area contributed by atoms with E-state index in [4.69, 9.17) is 23.2 Å². The first kappa shape index (κ1) is 22.6. The molecule has 0 aliphatic carbocycles. The molecule has 0 saturated heterocycles. The molecule has 1 atom stereocenters. The third kappa shape index (κ3) is 5.67. The summed E-state index contributed by atoms with van der Waals surface area (Å²) >= 11 is 11.6. The van der Waals surface area contributed by atoms with Crippen LogP contribution in [-0.2, 0) is 4.79 Å². The average molecular weight is 457 g/mol. The van der Waals surface area contributed by atoms with E-state index < -0.39 is 35.8 Å². The highest BCUT2D eigenvalue weighted by atomic mass is 35.5. The molecule has 13 heteroatoms. The normalized spacial score (nSPS) is 12.3. The first-order valence-corrected chi connectivity index (χ1v) is 8.39. The zero-order chi connectivity index (χ0) is 21.9. The molecule has 1 aromatic carbocycles. The van der Waals surface area contributed by atoms with Gasteiger partial charge in [0.1, 0.15) is 11.6 Å². The lowest BCUT2D eigenvalue weighted by atomic mass is 10.1. The lowest BCUT2D eigenvalue weighted by Crippen LogP contribution is -2.51.